The van der Waals surface area contributed by atoms with Gasteiger partial charge in [0.2, 0.25) is 0 Å². The number of aromatic nitrogens is 3. The molecule has 1 amide bonds. The number of amides is 1. The summed E-state index contributed by atoms with van der Waals surface area (Å²) in [6.07, 6.45) is 9.46. The Morgan fingerprint density at radius 2 is 1.70 bits per heavy atom. The van der Waals surface area contributed by atoms with Gasteiger partial charge in [-0.3, -0.25) is 4.79 Å². The zero-order chi connectivity index (χ0) is 18.5. The summed E-state index contributed by atoms with van der Waals surface area (Å²) in [5, 5.41) is 2.99. The molecule has 0 aliphatic heterocycles. The topological polar surface area (TPSA) is 51.9 Å². The van der Waals surface area contributed by atoms with Crippen LogP contribution in [0.25, 0.3) is 5.69 Å². The van der Waals surface area contributed by atoms with Crippen molar-refractivity contribution in [3.8, 4) is 5.69 Å². The summed E-state index contributed by atoms with van der Waals surface area (Å²) in [6.45, 7) is 1.26. The lowest BCUT2D eigenvalue weighted by Crippen LogP contribution is -2.22. The molecule has 2 aromatic heterocycles. The molecule has 1 N–H and O–H groups in total. The van der Waals surface area contributed by atoms with Crippen LogP contribution in [0.3, 0.4) is 0 Å². The lowest BCUT2D eigenvalue weighted by atomic mass is 10.1. The molecular formula is C22H20N4O. The molecule has 5 heteroatoms. The van der Waals surface area contributed by atoms with Crippen LogP contribution in [0.5, 0.6) is 0 Å². The summed E-state index contributed by atoms with van der Waals surface area (Å²) in [5.74, 6) is -0.0749. The van der Waals surface area contributed by atoms with Crippen LogP contribution in [0.1, 0.15) is 21.5 Å². The largest absolute Gasteiger partial charge is 0.348 e. The van der Waals surface area contributed by atoms with E-state index in [1.54, 1.807) is 12.5 Å². The molecule has 0 spiro atoms. The number of imidazole rings is 1. The Morgan fingerprint density at radius 3 is 2.44 bits per heavy atom. The fourth-order valence-corrected chi connectivity index (χ4v) is 3.01. The number of carbonyl (C=O) groups is 1. The van der Waals surface area contributed by atoms with E-state index in [2.05, 4.69) is 22.4 Å². The van der Waals surface area contributed by atoms with Crippen molar-refractivity contribution in [1.29, 1.82) is 0 Å². The van der Waals surface area contributed by atoms with Crippen LogP contribution >= 0.6 is 0 Å². The van der Waals surface area contributed by atoms with E-state index in [4.69, 9.17) is 0 Å². The zero-order valence-corrected chi connectivity index (χ0v) is 14.8. The highest BCUT2D eigenvalue weighted by atomic mass is 16.1. The summed E-state index contributed by atoms with van der Waals surface area (Å²) in [4.78, 5) is 16.5. The van der Waals surface area contributed by atoms with E-state index < -0.39 is 0 Å². The van der Waals surface area contributed by atoms with Gasteiger partial charge in [-0.25, -0.2) is 4.98 Å². The summed E-state index contributed by atoms with van der Waals surface area (Å²) >= 11 is 0. The fraction of sp³-hybridized carbons (Fsp3) is 0.0909. The van der Waals surface area contributed by atoms with Crippen molar-refractivity contribution in [1.82, 2.24) is 19.4 Å². The lowest BCUT2D eigenvalue weighted by molar-refractivity contribution is 0.0951. The molecule has 0 unspecified atom stereocenters. The maximum Gasteiger partial charge on any atom is 0.251 e. The van der Waals surface area contributed by atoms with Crippen LogP contribution in [0.4, 0.5) is 0 Å². The van der Waals surface area contributed by atoms with Crippen molar-refractivity contribution in [3.05, 3.63) is 108 Å². The normalized spacial score (nSPS) is 10.7. The number of rotatable bonds is 6. The van der Waals surface area contributed by atoms with Crippen molar-refractivity contribution in [2.24, 2.45) is 0 Å². The molecule has 0 saturated carbocycles. The first-order valence-corrected chi connectivity index (χ1v) is 8.83. The lowest BCUT2D eigenvalue weighted by Gasteiger charge is -2.09. The summed E-state index contributed by atoms with van der Waals surface area (Å²) in [5.41, 5.74) is 3.94. The zero-order valence-electron chi connectivity index (χ0n) is 14.8. The van der Waals surface area contributed by atoms with Gasteiger partial charge in [-0.1, -0.05) is 24.3 Å². The van der Waals surface area contributed by atoms with Crippen molar-refractivity contribution in [3.63, 3.8) is 0 Å². The van der Waals surface area contributed by atoms with Gasteiger partial charge in [0.15, 0.2) is 0 Å². The van der Waals surface area contributed by atoms with E-state index in [-0.39, 0.29) is 5.91 Å². The fourth-order valence-electron chi connectivity index (χ4n) is 3.01. The van der Waals surface area contributed by atoms with Crippen molar-refractivity contribution < 1.29 is 4.79 Å². The minimum absolute atomic E-state index is 0.0749. The van der Waals surface area contributed by atoms with Crippen molar-refractivity contribution in [2.45, 2.75) is 13.1 Å². The van der Waals surface area contributed by atoms with Gasteiger partial charge in [0.05, 0.1) is 6.33 Å². The van der Waals surface area contributed by atoms with Gasteiger partial charge < -0.3 is 14.5 Å². The molecule has 5 nitrogen and oxygen atoms in total. The van der Waals surface area contributed by atoms with E-state index in [0.29, 0.717) is 12.1 Å². The molecule has 0 aliphatic rings. The highest BCUT2D eigenvalue weighted by molar-refractivity contribution is 5.94. The number of carbonyl (C=O) groups excluding carboxylic acids is 1. The summed E-state index contributed by atoms with van der Waals surface area (Å²) in [7, 11) is 0. The van der Waals surface area contributed by atoms with Gasteiger partial charge in [-0.2, -0.15) is 0 Å². The number of nitrogens with one attached hydrogen (secondary N) is 1. The minimum Gasteiger partial charge on any atom is -0.348 e. The predicted molar refractivity (Wildman–Crippen MR) is 105 cm³/mol. The maximum absolute atomic E-state index is 12.4. The Balaban J connectivity index is 1.37. The first kappa shape index (κ1) is 16.8. The Bertz CT molecular complexity index is 1000. The molecule has 0 bridgehead atoms. The van der Waals surface area contributed by atoms with Crippen LogP contribution < -0.4 is 5.32 Å². The first-order valence-electron chi connectivity index (χ1n) is 8.83. The average molecular weight is 356 g/mol. The second-order valence-electron chi connectivity index (χ2n) is 6.37. The third-order valence-electron chi connectivity index (χ3n) is 4.40. The smallest absolute Gasteiger partial charge is 0.251 e. The molecule has 2 aromatic carbocycles. The predicted octanol–water partition coefficient (Wildman–Crippen LogP) is 3.65. The molecule has 4 aromatic rings. The Labute approximate surface area is 157 Å². The van der Waals surface area contributed by atoms with Gasteiger partial charge >= 0.3 is 0 Å². The molecule has 0 aliphatic carbocycles. The molecular weight excluding hydrogens is 336 g/mol. The minimum atomic E-state index is -0.0749. The van der Waals surface area contributed by atoms with E-state index >= 15 is 0 Å². The summed E-state index contributed by atoms with van der Waals surface area (Å²) in [6, 6.07) is 19.7. The number of benzene rings is 2. The van der Waals surface area contributed by atoms with Gasteiger partial charge in [0.25, 0.3) is 5.91 Å². The van der Waals surface area contributed by atoms with Gasteiger partial charge in [-0.15, -0.1) is 0 Å². The molecule has 0 atom stereocenters. The van der Waals surface area contributed by atoms with E-state index in [9.17, 15) is 4.79 Å². The SMILES string of the molecule is O=C(NCc1cccc(Cn2ccnc2)c1)c1ccc(-n2cccc2)cc1. The van der Waals surface area contributed by atoms with Gasteiger partial charge in [0.1, 0.15) is 0 Å². The second kappa shape index (κ2) is 7.74. The Hall–Kier alpha value is -3.60. The molecule has 0 fully saturated rings. The molecule has 0 saturated heterocycles. The Kier molecular flexibility index (Phi) is 4.83. The van der Waals surface area contributed by atoms with Crippen molar-refractivity contribution in [2.75, 3.05) is 0 Å². The molecule has 2 heterocycles. The van der Waals surface area contributed by atoms with E-state index in [1.807, 2.05) is 76.3 Å². The highest BCUT2D eigenvalue weighted by Gasteiger charge is 2.06. The standard InChI is InChI=1S/C22H20N4O/c27-22(20-6-8-21(9-7-20)26-11-1-2-12-26)24-15-18-4-3-5-19(14-18)16-25-13-10-23-17-25/h1-14,17H,15-16H2,(H,24,27). The second-order valence-corrected chi connectivity index (χ2v) is 6.37. The third-order valence-corrected chi connectivity index (χ3v) is 4.40. The molecule has 4 rings (SSSR count). The van der Waals surface area contributed by atoms with Crippen LogP contribution in [0.15, 0.2) is 91.8 Å². The van der Waals surface area contributed by atoms with Gasteiger partial charge in [-0.05, 0) is 47.5 Å². The van der Waals surface area contributed by atoms with E-state index in [1.165, 1.54) is 5.56 Å². The quantitative estimate of drug-likeness (QED) is 0.573. The van der Waals surface area contributed by atoms with Gasteiger partial charge in [0, 0.05) is 49.1 Å². The molecule has 27 heavy (non-hydrogen) atoms. The number of hydrogen-bond acceptors (Lipinski definition) is 2. The average Bonchev–Trinajstić information content (AvgIpc) is 3.41. The first-order chi connectivity index (χ1) is 13.3. The Morgan fingerprint density at radius 1 is 0.926 bits per heavy atom. The maximum atomic E-state index is 12.4. The van der Waals surface area contributed by atoms with Crippen molar-refractivity contribution >= 4 is 5.91 Å². The monoisotopic (exact) mass is 356 g/mol. The van der Waals surface area contributed by atoms with Crippen LogP contribution in [0, 0.1) is 0 Å². The summed E-state index contributed by atoms with van der Waals surface area (Å²) < 4.78 is 4.03. The molecule has 134 valence electrons. The molecule has 0 radical (unpaired) electrons. The third kappa shape index (κ3) is 4.15. The number of nitrogens with zero attached hydrogens (tertiary/aromatic N) is 3. The van der Waals surface area contributed by atoms with E-state index in [0.717, 1.165) is 17.8 Å². The highest BCUT2D eigenvalue weighted by Crippen LogP contribution is 2.11. The van der Waals surface area contributed by atoms with Crippen LogP contribution in [0.2, 0.25) is 0 Å². The van der Waals surface area contributed by atoms with Crippen LogP contribution in [-0.4, -0.2) is 20.0 Å². The van der Waals surface area contributed by atoms with Crippen LogP contribution in [-0.2, 0) is 13.1 Å². The number of hydrogen-bond donors (Lipinski definition) is 1.